The van der Waals surface area contributed by atoms with Gasteiger partial charge in [-0.15, -0.1) is 11.3 Å². The number of anilines is 1. The molecule has 6 nitrogen and oxygen atoms in total. The van der Waals surface area contributed by atoms with Crippen LogP contribution in [0, 0.1) is 0 Å². The van der Waals surface area contributed by atoms with E-state index in [0.717, 1.165) is 49.9 Å². The number of aromatic nitrogens is 4. The van der Waals surface area contributed by atoms with E-state index in [2.05, 4.69) is 37.6 Å². The molecule has 142 valence electrons. The number of aryl methyl sites for hydroxylation is 2. The third kappa shape index (κ3) is 2.69. The van der Waals surface area contributed by atoms with E-state index < -0.39 is 0 Å². The Morgan fingerprint density at radius 1 is 1.04 bits per heavy atom. The van der Waals surface area contributed by atoms with Gasteiger partial charge in [0.1, 0.15) is 22.6 Å². The summed E-state index contributed by atoms with van der Waals surface area (Å²) < 4.78 is 2.10. The minimum Gasteiger partial charge on any atom is -0.353 e. The van der Waals surface area contributed by atoms with Gasteiger partial charge in [0.25, 0.3) is 0 Å². The van der Waals surface area contributed by atoms with Gasteiger partial charge in [-0.2, -0.15) is 0 Å². The number of hydrogen-bond acceptors (Lipinski definition) is 6. The van der Waals surface area contributed by atoms with Crippen molar-refractivity contribution >= 4 is 33.0 Å². The molecular formula is C21H22N6S. The van der Waals surface area contributed by atoms with E-state index in [0.29, 0.717) is 0 Å². The fraction of sp³-hybridized carbons (Fsp3) is 0.381. The quantitative estimate of drug-likeness (QED) is 0.538. The van der Waals surface area contributed by atoms with Crippen molar-refractivity contribution in [2.24, 2.45) is 0 Å². The number of thiophene rings is 1. The first-order valence-corrected chi connectivity index (χ1v) is 10.8. The van der Waals surface area contributed by atoms with Gasteiger partial charge in [0.05, 0.1) is 11.1 Å². The molecule has 7 heteroatoms. The summed E-state index contributed by atoms with van der Waals surface area (Å²) in [6.45, 7) is 4.98. The van der Waals surface area contributed by atoms with Gasteiger partial charge in [0.15, 0.2) is 0 Å². The lowest BCUT2D eigenvalue weighted by molar-refractivity contribution is 0.247. The molecule has 0 saturated carbocycles. The molecular weight excluding hydrogens is 368 g/mol. The molecule has 2 aliphatic rings. The lowest BCUT2D eigenvalue weighted by Crippen LogP contribution is -2.46. The van der Waals surface area contributed by atoms with Crippen LogP contribution in [0.2, 0.25) is 0 Å². The maximum atomic E-state index is 4.75. The first-order chi connectivity index (χ1) is 13.8. The molecule has 1 saturated heterocycles. The molecule has 0 bridgehead atoms. The van der Waals surface area contributed by atoms with Gasteiger partial charge >= 0.3 is 0 Å². The van der Waals surface area contributed by atoms with Crippen LogP contribution in [0.5, 0.6) is 0 Å². The van der Waals surface area contributed by atoms with E-state index in [1.54, 1.807) is 6.33 Å². The highest BCUT2D eigenvalue weighted by molar-refractivity contribution is 7.19. The van der Waals surface area contributed by atoms with Crippen LogP contribution >= 0.6 is 11.3 Å². The Morgan fingerprint density at radius 2 is 1.96 bits per heavy atom. The van der Waals surface area contributed by atoms with Crippen molar-refractivity contribution in [2.75, 3.05) is 31.1 Å². The summed E-state index contributed by atoms with van der Waals surface area (Å²) in [7, 11) is 0. The van der Waals surface area contributed by atoms with Gasteiger partial charge in [0.2, 0.25) is 0 Å². The van der Waals surface area contributed by atoms with E-state index in [1.165, 1.54) is 39.9 Å². The van der Waals surface area contributed by atoms with Crippen molar-refractivity contribution in [1.82, 2.24) is 24.3 Å². The molecule has 0 amide bonds. The zero-order valence-electron chi connectivity index (χ0n) is 15.7. The minimum absolute atomic E-state index is 0.905. The highest BCUT2D eigenvalue weighted by Gasteiger charge is 2.25. The van der Waals surface area contributed by atoms with Crippen molar-refractivity contribution in [3.8, 4) is 0 Å². The zero-order chi connectivity index (χ0) is 18.5. The summed E-state index contributed by atoms with van der Waals surface area (Å²) in [4.78, 5) is 21.6. The number of pyridine rings is 1. The summed E-state index contributed by atoms with van der Waals surface area (Å²) in [5.41, 5.74) is 3.67. The van der Waals surface area contributed by atoms with E-state index >= 15 is 0 Å². The van der Waals surface area contributed by atoms with Crippen molar-refractivity contribution < 1.29 is 0 Å². The maximum Gasteiger partial charge on any atom is 0.141 e. The predicted molar refractivity (Wildman–Crippen MR) is 112 cm³/mol. The molecule has 4 aromatic rings. The fourth-order valence-corrected chi connectivity index (χ4v) is 5.79. The van der Waals surface area contributed by atoms with Crippen LogP contribution in [-0.2, 0) is 19.4 Å². The van der Waals surface area contributed by atoms with Crippen LogP contribution in [0.3, 0.4) is 0 Å². The topological polar surface area (TPSA) is 49.6 Å². The van der Waals surface area contributed by atoms with Gasteiger partial charge < -0.3 is 9.30 Å². The molecule has 5 heterocycles. The highest BCUT2D eigenvalue weighted by Crippen LogP contribution is 2.40. The minimum atomic E-state index is 0.905. The Labute approximate surface area is 167 Å². The molecule has 0 spiro atoms. The Hall–Kier alpha value is -2.51. The van der Waals surface area contributed by atoms with E-state index in [9.17, 15) is 0 Å². The largest absolute Gasteiger partial charge is 0.353 e. The third-order valence-corrected chi connectivity index (χ3v) is 7.15. The third-order valence-electron chi connectivity index (χ3n) is 5.95. The normalized spacial score (nSPS) is 17.6. The molecule has 0 N–H and O–H groups in total. The average Bonchev–Trinajstić information content (AvgIpc) is 3.41. The predicted octanol–water partition coefficient (Wildman–Crippen LogP) is 3.15. The number of piperazine rings is 1. The van der Waals surface area contributed by atoms with Gasteiger partial charge in [-0.1, -0.05) is 6.07 Å². The second-order valence-corrected chi connectivity index (χ2v) is 8.78. The number of hydrogen-bond donors (Lipinski definition) is 0. The van der Waals surface area contributed by atoms with Crippen molar-refractivity contribution in [3.05, 3.63) is 53.1 Å². The van der Waals surface area contributed by atoms with Crippen LogP contribution in [0.4, 0.5) is 5.82 Å². The first-order valence-electron chi connectivity index (χ1n) is 10.0. The lowest BCUT2D eigenvalue weighted by atomic mass is 10.1. The Morgan fingerprint density at radius 3 is 2.86 bits per heavy atom. The van der Waals surface area contributed by atoms with Gasteiger partial charge in [0, 0.05) is 50.0 Å². The van der Waals surface area contributed by atoms with Gasteiger partial charge in [-0.25, -0.2) is 15.0 Å². The molecule has 4 aromatic heterocycles. The number of rotatable bonds is 3. The van der Waals surface area contributed by atoms with E-state index in [1.807, 2.05) is 23.5 Å². The smallest absolute Gasteiger partial charge is 0.141 e. The van der Waals surface area contributed by atoms with Crippen LogP contribution < -0.4 is 4.90 Å². The number of nitrogens with zero attached hydrogens (tertiary/aromatic N) is 6. The Balaban J connectivity index is 1.20. The monoisotopic (exact) mass is 390 g/mol. The van der Waals surface area contributed by atoms with Gasteiger partial charge in [-0.05, 0) is 37.0 Å². The SMILES string of the molecule is c1ccn2cc(CN3CCN(c4ncnc5sc6c(c45)CCC6)CC3)nc2c1. The number of imidazole rings is 1. The molecule has 1 aliphatic heterocycles. The average molecular weight is 391 g/mol. The first kappa shape index (κ1) is 16.4. The summed E-state index contributed by atoms with van der Waals surface area (Å²) in [6.07, 6.45) is 9.62. The molecule has 28 heavy (non-hydrogen) atoms. The summed E-state index contributed by atoms with van der Waals surface area (Å²) >= 11 is 1.87. The molecule has 0 radical (unpaired) electrons. The molecule has 1 fully saturated rings. The summed E-state index contributed by atoms with van der Waals surface area (Å²) in [5, 5.41) is 1.33. The van der Waals surface area contributed by atoms with Crippen LogP contribution in [0.25, 0.3) is 15.9 Å². The summed E-state index contributed by atoms with van der Waals surface area (Å²) in [5.74, 6) is 1.15. The van der Waals surface area contributed by atoms with Gasteiger partial charge in [-0.3, -0.25) is 4.90 Å². The molecule has 0 atom stereocenters. The van der Waals surface area contributed by atoms with Crippen LogP contribution in [-0.4, -0.2) is 50.4 Å². The van der Waals surface area contributed by atoms with Crippen molar-refractivity contribution in [1.29, 1.82) is 0 Å². The summed E-state index contributed by atoms with van der Waals surface area (Å²) in [6, 6.07) is 6.14. The Bertz CT molecular complexity index is 1120. The number of fused-ring (bicyclic) bond motifs is 4. The van der Waals surface area contributed by atoms with Crippen LogP contribution in [0.1, 0.15) is 22.6 Å². The molecule has 0 aromatic carbocycles. The van der Waals surface area contributed by atoms with E-state index in [4.69, 9.17) is 9.97 Å². The van der Waals surface area contributed by atoms with Crippen molar-refractivity contribution in [2.45, 2.75) is 25.8 Å². The molecule has 0 unspecified atom stereocenters. The zero-order valence-corrected chi connectivity index (χ0v) is 16.5. The maximum absolute atomic E-state index is 4.75. The molecule has 1 aliphatic carbocycles. The second-order valence-electron chi connectivity index (χ2n) is 7.70. The fourth-order valence-electron chi connectivity index (χ4n) is 4.56. The van der Waals surface area contributed by atoms with Crippen LogP contribution in [0.15, 0.2) is 36.9 Å². The lowest BCUT2D eigenvalue weighted by Gasteiger charge is -2.35. The highest BCUT2D eigenvalue weighted by atomic mass is 32.1. The molecule has 6 rings (SSSR count). The second kappa shape index (κ2) is 6.53. The van der Waals surface area contributed by atoms with Crippen molar-refractivity contribution in [3.63, 3.8) is 0 Å². The standard InChI is InChI=1S/C21H22N6S/c1-2-7-27-13-15(24-18(27)6-1)12-25-8-10-26(11-9-25)20-19-16-4-3-5-17(16)28-21(19)23-14-22-20/h1-2,6-7,13-14H,3-5,8-12H2. The Kier molecular flexibility index (Phi) is 3.84. The van der Waals surface area contributed by atoms with E-state index in [-0.39, 0.29) is 0 Å².